The van der Waals surface area contributed by atoms with Crippen LogP contribution >= 0.6 is 15.9 Å². The Morgan fingerprint density at radius 1 is 0.750 bits per heavy atom. The standard InChI is InChI=1S/C14H24BBr/c16-14(10-2-1-3-11-14)15-12-6-4-7-13(15)9-5-8-12/h12-13H,1-11H2. The number of fused-ring (bicyclic) bond motifs is 2. The van der Waals surface area contributed by atoms with E-state index in [1.165, 1.54) is 70.6 Å². The molecular formula is C14H24BBr. The molecule has 0 N–H and O–H groups in total. The summed E-state index contributed by atoms with van der Waals surface area (Å²) in [4.78, 5) is 0. The molecule has 2 aliphatic heterocycles. The van der Waals surface area contributed by atoms with Gasteiger partial charge < -0.3 is 0 Å². The molecule has 3 rings (SSSR count). The Balaban J connectivity index is 1.80. The van der Waals surface area contributed by atoms with Gasteiger partial charge in [0, 0.05) is 4.22 Å². The van der Waals surface area contributed by atoms with E-state index in [2.05, 4.69) is 15.9 Å². The second kappa shape index (κ2) is 4.67. The van der Waals surface area contributed by atoms with Crippen molar-refractivity contribution in [3.8, 4) is 0 Å². The third kappa shape index (κ3) is 2.00. The number of halogens is 1. The zero-order valence-electron chi connectivity index (χ0n) is 10.4. The molecule has 2 heterocycles. The van der Waals surface area contributed by atoms with Crippen molar-refractivity contribution in [2.75, 3.05) is 0 Å². The van der Waals surface area contributed by atoms with Gasteiger partial charge in [0.15, 0.2) is 6.71 Å². The predicted molar refractivity (Wildman–Crippen MR) is 75.7 cm³/mol. The molecule has 1 saturated carbocycles. The Morgan fingerprint density at radius 2 is 1.25 bits per heavy atom. The summed E-state index contributed by atoms with van der Waals surface area (Å²) in [5.41, 5.74) is 0. The van der Waals surface area contributed by atoms with Gasteiger partial charge in [-0.1, -0.05) is 85.4 Å². The van der Waals surface area contributed by atoms with E-state index >= 15 is 0 Å². The van der Waals surface area contributed by atoms with Crippen molar-refractivity contribution in [3.63, 3.8) is 0 Å². The molecule has 0 atom stereocenters. The Labute approximate surface area is 109 Å². The highest BCUT2D eigenvalue weighted by atomic mass is 79.9. The highest BCUT2D eigenvalue weighted by Gasteiger charge is 2.50. The summed E-state index contributed by atoms with van der Waals surface area (Å²) < 4.78 is 0.557. The molecule has 0 unspecified atom stereocenters. The Kier molecular flexibility index (Phi) is 3.39. The largest absolute Gasteiger partial charge is 0.166 e. The van der Waals surface area contributed by atoms with Crippen molar-refractivity contribution in [3.05, 3.63) is 0 Å². The molecule has 0 radical (unpaired) electrons. The van der Waals surface area contributed by atoms with Crippen LogP contribution in [0.5, 0.6) is 0 Å². The topological polar surface area (TPSA) is 0 Å². The monoisotopic (exact) mass is 282 g/mol. The lowest BCUT2D eigenvalue weighted by Crippen LogP contribution is -2.51. The smallest absolute Gasteiger partial charge is 0.0944 e. The number of hydrogen-bond donors (Lipinski definition) is 0. The Hall–Kier alpha value is 0.545. The van der Waals surface area contributed by atoms with E-state index in [-0.39, 0.29) is 0 Å². The van der Waals surface area contributed by atoms with Crippen LogP contribution in [0.2, 0.25) is 11.6 Å². The van der Waals surface area contributed by atoms with Gasteiger partial charge in [-0.25, -0.2) is 0 Å². The third-order valence-electron chi connectivity index (χ3n) is 5.60. The van der Waals surface area contributed by atoms with Gasteiger partial charge in [0.25, 0.3) is 0 Å². The van der Waals surface area contributed by atoms with E-state index in [1.807, 2.05) is 0 Å². The molecule has 0 aromatic rings. The van der Waals surface area contributed by atoms with Gasteiger partial charge in [0.05, 0.1) is 0 Å². The SMILES string of the molecule is BrC1(B2C3CCCC2CCC3)CCCCC1. The summed E-state index contributed by atoms with van der Waals surface area (Å²) in [6.07, 6.45) is 16.5. The molecule has 1 aliphatic carbocycles. The van der Waals surface area contributed by atoms with Crippen LogP contribution in [0.4, 0.5) is 0 Å². The van der Waals surface area contributed by atoms with Crippen LogP contribution in [0.25, 0.3) is 0 Å². The van der Waals surface area contributed by atoms with Gasteiger partial charge in [-0.05, 0) is 12.8 Å². The summed E-state index contributed by atoms with van der Waals surface area (Å²) in [5, 5.41) is 0. The fourth-order valence-corrected chi connectivity index (χ4v) is 6.30. The zero-order chi connectivity index (χ0) is 11.0. The molecule has 0 aromatic heterocycles. The Bertz CT molecular complexity index is 225. The van der Waals surface area contributed by atoms with Gasteiger partial charge in [-0.15, -0.1) is 0 Å². The van der Waals surface area contributed by atoms with E-state index < -0.39 is 0 Å². The molecule has 2 saturated heterocycles. The van der Waals surface area contributed by atoms with Gasteiger partial charge in [0.1, 0.15) is 0 Å². The van der Waals surface area contributed by atoms with Gasteiger partial charge in [-0.3, -0.25) is 0 Å². The second-order valence-corrected chi connectivity index (χ2v) is 8.08. The maximum absolute atomic E-state index is 4.21. The highest BCUT2D eigenvalue weighted by molar-refractivity contribution is 9.10. The van der Waals surface area contributed by atoms with Crippen LogP contribution in [0.1, 0.15) is 70.6 Å². The molecular weight excluding hydrogens is 259 g/mol. The molecule has 3 aliphatic rings. The maximum Gasteiger partial charge on any atom is 0.166 e. The third-order valence-corrected chi connectivity index (χ3v) is 6.92. The maximum atomic E-state index is 4.21. The lowest BCUT2D eigenvalue weighted by molar-refractivity contribution is 0.404. The number of alkyl halides is 1. The van der Waals surface area contributed by atoms with Crippen molar-refractivity contribution in [2.24, 2.45) is 0 Å². The Morgan fingerprint density at radius 3 is 1.75 bits per heavy atom. The highest BCUT2D eigenvalue weighted by Crippen LogP contribution is 2.55. The summed E-state index contributed by atoms with van der Waals surface area (Å²) >= 11 is 4.21. The fourth-order valence-electron chi connectivity index (χ4n) is 4.99. The second-order valence-electron chi connectivity index (χ2n) is 6.50. The summed E-state index contributed by atoms with van der Waals surface area (Å²) in [5.74, 6) is 2.15. The molecule has 2 heteroatoms. The first-order chi connectivity index (χ1) is 7.80. The molecule has 0 spiro atoms. The lowest BCUT2D eigenvalue weighted by Gasteiger charge is -2.50. The molecule has 0 amide bonds. The van der Waals surface area contributed by atoms with Crippen molar-refractivity contribution < 1.29 is 0 Å². The van der Waals surface area contributed by atoms with Gasteiger partial charge in [-0.2, -0.15) is 0 Å². The van der Waals surface area contributed by atoms with Crippen molar-refractivity contribution in [1.82, 2.24) is 0 Å². The minimum Gasteiger partial charge on any atom is -0.0944 e. The minimum atomic E-state index is 0.557. The molecule has 2 bridgehead atoms. The number of rotatable bonds is 1. The first kappa shape index (κ1) is 11.6. The van der Waals surface area contributed by atoms with E-state index in [9.17, 15) is 0 Å². The van der Waals surface area contributed by atoms with Crippen molar-refractivity contribution >= 4 is 22.6 Å². The fraction of sp³-hybridized carbons (Fsp3) is 1.00. The summed E-state index contributed by atoms with van der Waals surface area (Å²) in [6, 6.07) is 0. The van der Waals surface area contributed by atoms with Crippen molar-refractivity contribution in [2.45, 2.75) is 86.5 Å². The van der Waals surface area contributed by atoms with Crippen molar-refractivity contribution in [1.29, 1.82) is 0 Å². The van der Waals surface area contributed by atoms with Crippen LogP contribution in [0, 0.1) is 0 Å². The normalized spacial score (nSPS) is 38.4. The average Bonchev–Trinajstić information content (AvgIpc) is 2.29. The van der Waals surface area contributed by atoms with Gasteiger partial charge in [0.2, 0.25) is 0 Å². The van der Waals surface area contributed by atoms with Crippen LogP contribution in [-0.4, -0.2) is 10.9 Å². The lowest BCUT2D eigenvalue weighted by atomic mass is 9.21. The van der Waals surface area contributed by atoms with Gasteiger partial charge >= 0.3 is 0 Å². The molecule has 0 nitrogen and oxygen atoms in total. The number of hydrogen-bond acceptors (Lipinski definition) is 0. The van der Waals surface area contributed by atoms with E-state index in [1.54, 1.807) is 0 Å². The summed E-state index contributed by atoms with van der Waals surface area (Å²) in [7, 11) is 0. The molecule has 90 valence electrons. The molecule has 0 aromatic carbocycles. The predicted octanol–water partition coefficient (Wildman–Crippen LogP) is 5.23. The summed E-state index contributed by atoms with van der Waals surface area (Å²) in [6.45, 7) is 1.04. The van der Waals surface area contributed by atoms with Crippen LogP contribution in [0.15, 0.2) is 0 Å². The quantitative estimate of drug-likeness (QED) is 0.457. The minimum absolute atomic E-state index is 0.557. The molecule has 3 fully saturated rings. The average molecular weight is 283 g/mol. The first-order valence-electron chi connectivity index (χ1n) is 7.48. The zero-order valence-corrected chi connectivity index (χ0v) is 12.0. The van der Waals surface area contributed by atoms with E-state index in [4.69, 9.17) is 0 Å². The van der Waals surface area contributed by atoms with Crippen LogP contribution in [-0.2, 0) is 0 Å². The van der Waals surface area contributed by atoms with E-state index in [0.717, 1.165) is 18.3 Å². The van der Waals surface area contributed by atoms with Crippen LogP contribution < -0.4 is 0 Å². The molecule has 16 heavy (non-hydrogen) atoms. The van der Waals surface area contributed by atoms with Crippen LogP contribution in [0.3, 0.4) is 0 Å². The first-order valence-corrected chi connectivity index (χ1v) is 8.28. The van der Waals surface area contributed by atoms with E-state index in [0.29, 0.717) is 4.22 Å².